The third kappa shape index (κ3) is 3.01. The highest BCUT2D eigenvalue weighted by Crippen LogP contribution is 2.20. The molecule has 0 aliphatic rings. The number of aryl methyl sites for hydroxylation is 1. The van der Waals surface area contributed by atoms with Crippen LogP contribution >= 0.6 is 11.8 Å². The fraction of sp³-hybridized carbons (Fsp3) is 0.417. The van der Waals surface area contributed by atoms with Gasteiger partial charge in [0.15, 0.2) is 5.16 Å². The molecule has 0 atom stereocenters. The standard InChI is InChI=1S/C12H17N5S/c1-4-13-11-6-5-10(7-14-11)8-18-12-16-15-9(2)17(12)3/h5-7H,4,8H2,1-3H3,(H,13,14). The van der Waals surface area contributed by atoms with Gasteiger partial charge < -0.3 is 9.88 Å². The zero-order valence-corrected chi connectivity index (χ0v) is 11.7. The van der Waals surface area contributed by atoms with E-state index in [0.29, 0.717) is 0 Å². The Labute approximate surface area is 111 Å². The lowest BCUT2D eigenvalue weighted by molar-refractivity contribution is 0.765. The van der Waals surface area contributed by atoms with Crippen molar-refractivity contribution in [3.05, 3.63) is 29.7 Å². The van der Waals surface area contributed by atoms with Crippen LogP contribution in [-0.2, 0) is 12.8 Å². The van der Waals surface area contributed by atoms with Crippen LogP contribution in [0.5, 0.6) is 0 Å². The highest BCUT2D eigenvalue weighted by Gasteiger charge is 2.05. The Morgan fingerprint density at radius 1 is 1.33 bits per heavy atom. The molecule has 2 aromatic rings. The van der Waals surface area contributed by atoms with E-state index in [4.69, 9.17) is 0 Å². The van der Waals surface area contributed by atoms with Gasteiger partial charge >= 0.3 is 0 Å². The van der Waals surface area contributed by atoms with Crippen LogP contribution in [0, 0.1) is 6.92 Å². The van der Waals surface area contributed by atoms with Gasteiger partial charge in [0, 0.05) is 25.5 Å². The zero-order valence-electron chi connectivity index (χ0n) is 10.8. The Morgan fingerprint density at radius 2 is 2.17 bits per heavy atom. The number of pyridine rings is 1. The van der Waals surface area contributed by atoms with Gasteiger partial charge in [0.2, 0.25) is 0 Å². The summed E-state index contributed by atoms with van der Waals surface area (Å²) in [4.78, 5) is 4.34. The van der Waals surface area contributed by atoms with Gasteiger partial charge in [-0.3, -0.25) is 0 Å². The molecule has 6 heteroatoms. The van der Waals surface area contributed by atoms with Crippen LogP contribution < -0.4 is 5.32 Å². The molecule has 2 aromatic heterocycles. The first-order valence-corrected chi connectivity index (χ1v) is 6.87. The molecule has 0 aliphatic carbocycles. The number of hydrogen-bond donors (Lipinski definition) is 1. The molecule has 5 nitrogen and oxygen atoms in total. The van der Waals surface area contributed by atoms with Gasteiger partial charge in [-0.05, 0) is 25.5 Å². The highest BCUT2D eigenvalue weighted by atomic mass is 32.2. The average molecular weight is 263 g/mol. The molecule has 0 saturated carbocycles. The Hall–Kier alpha value is -1.56. The van der Waals surface area contributed by atoms with Crippen molar-refractivity contribution in [1.82, 2.24) is 19.7 Å². The molecule has 18 heavy (non-hydrogen) atoms. The van der Waals surface area contributed by atoms with Crippen LogP contribution in [0.1, 0.15) is 18.3 Å². The van der Waals surface area contributed by atoms with E-state index >= 15 is 0 Å². The molecular weight excluding hydrogens is 246 g/mol. The minimum atomic E-state index is 0.853. The number of nitrogens with zero attached hydrogens (tertiary/aromatic N) is 4. The Kier molecular flexibility index (Phi) is 4.19. The topological polar surface area (TPSA) is 55.6 Å². The van der Waals surface area contributed by atoms with Gasteiger partial charge in [-0.1, -0.05) is 17.8 Å². The first kappa shape index (κ1) is 12.9. The number of anilines is 1. The predicted molar refractivity (Wildman–Crippen MR) is 73.7 cm³/mol. The molecule has 96 valence electrons. The molecule has 2 rings (SSSR count). The van der Waals surface area contributed by atoms with E-state index in [2.05, 4.69) is 33.5 Å². The van der Waals surface area contributed by atoms with Crippen LogP contribution in [0.25, 0.3) is 0 Å². The summed E-state index contributed by atoms with van der Waals surface area (Å²) in [5.74, 6) is 2.70. The third-order valence-electron chi connectivity index (χ3n) is 2.60. The van der Waals surface area contributed by atoms with E-state index in [0.717, 1.165) is 29.1 Å². The third-order valence-corrected chi connectivity index (χ3v) is 3.69. The maximum Gasteiger partial charge on any atom is 0.191 e. The van der Waals surface area contributed by atoms with Crippen molar-refractivity contribution >= 4 is 17.6 Å². The summed E-state index contributed by atoms with van der Waals surface area (Å²) in [5, 5.41) is 12.3. The molecule has 0 bridgehead atoms. The maximum absolute atomic E-state index is 4.34. The minimum Gasteiger partial charge on any atom is -0.370 e. The summed E-state index contributed by atoms with van der Waals surface area (Å²) in [6.45, 7) is 4.89. The molecule has 0 radical (unpaired) electrons. The number of aromatic nitrogens is 4. The van der Waals surface area contributed by atoms with Crippen molar-refractivity contribution < 1.29 is 0 Å². The fourth-order valence-electron chi connectivity index (χ4n) is 1.46. The quantitative estimate of drug-likeness (QED) is 0.838. The van der Waals surface area contributed by atoms with Crippen molar-refractivity contribution in [3.8, 4) is 0 Å². The zero-order chi connectivity index (χ0) is 13.0. The summed E-state index contributed by atoms with van der Waals surface area (Å²) in [6, 6.07) is 4.09. The molecular formula is C12H17N5S. The summed E-state index contributed by atoms with van der Waals surface area (Å²) < 4.78 is 1.99. The number of nitrogens with one attached hydrogen (secondary N) is 1. The summed E-state index contributed by atoms with van der Waals surface area (Å²) in [7, 11) is 1.98. The van der Waals surface area contributed by atoms with Crippen molar-refractivity contribution in [2.75, 3.05) is 11.9 Å². The molecule has 0 spiro atoms. The molecule has 1 N–H and O–H groups in total. The second kappa shape index (κ2) is 5.86. The highest BCUT2D eigenvalue weighted by molar-refractivity contribution is 7.98. The molecule has 0 aromatic carbocycles. The normalized spacial score (nSPS) is 10.6. The van der Waals surface area contributed by atoms with E-state index in [9.17, 15) is 0 Å². The molecule has 0 saturated heterocycles. The molecule has 0 unspecified atom stereocenters. The predicted octanol–water partition coefficient (Wildman–Crippen LogP) is 2.24. The van der Waals surface area contributed by atoms with E-state index in [1.807, 2.05) is 30.8 Å². The lowest BCUT2D eigenvalue weighted by Crippen LogP contribution is -1.99. The molecule has 2 heterocycles. The largest absolute Gasteiger partial charge is 0.370 e. The van der Waals surface area contributed by atoms with Crippen molar-refractivity contribution in [3.63, 3.8) is 0 Å². The monoisotopic (exact) mass is 263 g/mol. The lowest BCUT2D eigenvalue weighted by atomic mass is 10.3. The Morgan fingerprint density at radius 3 is 2.72 bits per heavy atom. The summed E-state index contributed by atoms with van der Waals surface area (Å²) in [5.41, 5.74) is 1.18. The fourth-order valence-corrected chi connectivity index (χ4v) is 2.35. The van der Waals surface area contributed by atoms with Crippen LogP contribution in [0.15, 0.2) is 23.5 Å². The van der Waals surface area contributed by atoms with E-state index in [1.165, 1.54) is 5.56 Å². The van der Waals surface area contributed by atoms with Crippen LogP contribution in [0.4, 0.5) is 5.82 Å². The second-order valence-corrected chi connectivity index (χ2v) is 4.90. The summed E-state index contributed by atoms with van der Waals surface area (Å²) >= 11 is 1.67. The van der Waals surface area contributed by atoms with E-state index in [-0.39, 0.29) is 0 Å². The molecule has 0 amide bonds. The van der Waals surface area contributed by atoms with Gasteiger partial charge in [0.1, 0.15) is 11.6 Å². The van der Waals surface area contributed by atoms with Crippen molar-refractivity contribution in [2.45, 2.75) is 24.8 Å². The van der Waals surface area contributed by atoms with Gasteiger partial charge in [0.05, 0.1) is 0 Å². The first-order valence-electron chi connectivity index (χ1n) is 5.88. The number of thioether (sulfide) groups is 1. The van der Waals surface area contributed by atoms with Crippen LogP contribution in [0.2, 0.25) is 0 Å². The number of hydrogen-bond acceptors (Lipinski definition) is 5. The van der Waals surface area contributed by atoms with Gasteiger partial charge in [-0.25, -0.2) is 4.98 Å². The summed E-state index contributed by atoms with van der Waals surface area (Å²) in [6.07, 6.45) is 1.90. The van der Waals surface area contributed by atoms with Gasteiger partial charge in [-0.15, -0.1) is 10.2 Å². The maximum atomic E-state index is 4.34. The lowest BCUT2D eigenvalue weighted by Gasteiger charge is -2.04. The van der Waals surface area contributed by atoms with Crippen LogP contribution in [-0.4, -0.2) is 26.3 Å². The Balaban J connectivity index is 1.96. The minimum absolute atomic E-state index is 0.853. The SMILES string of the molecule is CCNc1ccc(CSc2nnc(C)n2C)cn1. The average Bonchev–Trinajstić information content (AvgIpc) is 2.70. The van der Waals surface area contributed by atoms with Crippen molar-refractivity contribution in [1.29, 1.82) is 0 Å². The first-order chi connectivity index (χ1) is 8.70. The number of rotatable bonds is 5. The van der Waals surface area contributed by atoms with Crippen molar-refractivity contribution in [2.24, 2.45) is 7.05 Å². The van der Waals surface area contributed by atoms with Gasteiger partial charge in [-0.2, -0.15) is 0 Å². The van der Waals surface area contributed by atoms with E-state index in [1.54, 1.807) is 11.8 Å². The molecule has 0 aliphatic heterocycles. The smallest absolute Gasteiger partial charge is 0.191 e. The second-order valence-electron chi connectivity index (χ2n) is 3.96. The van der Waals surface area contributed by atoms with Crippen LogP contribution in [0.3, 0.4) is 0 Å². The molecule has 0 fully saturated rings. The van der Waals surface area contributed by atoms with E-state index < -0.39 is 0 Å². The Bertz CT molecular complexity index is 506. The van der Waals surface area contributed by atoms with Gasteiger partial charge in [0.25, 0.3) is 0 Å².